The summed E-state index contributed by atoms with van der Waals surface area (Å²) in [5, 5.41) is 8.03. The topological polar surface area (TPSA) is 79.6 Å². The summed E-state index contributed by atoms with van der Waals surface area (Å²) in [7, 11) is -8.40. The second-order valence-corrected chi connectivity index (χ2v) is 10.4. The van der Waals surface area contributed by atoms with Crippen LogP contribution in [0, 0.1) is 5.82 Å². The molecular weight excluding hydrogens is 404 g/mol. The Balaban J connectivity index is 2.55. The van der Waals surface area contributed by atoms with E-state index in [0.29, 0.717) is 6.07 Å². The zero-order chi connectivity index (χ0) is 16.1. The van der Waals surface area contributed by atoms with Gasteiger partial charge in [0.1, 0.15) is 5.82 Å². The molecule has 5 nitrogen and oxygen atoms in total. The SMILES string of the molecule is Nc1nc(Nc2cc(F)c(Br)c(S(F)(F)(F)(F)P)c2)n[nH]1. The molecule has 2 aromatic rings. The summed E-state index contributed by atoms with van der Waals surface area (Å²) in [5.41, 5.74) is 4.85. The smallest absolute Gasteiger partial charge is 0.248 e. The van der Waals surface area contributed by atoms with E-state index < -0.39 is 24.6 Å². The molecule has 2 rings (SSSR count). The molecule has 0 aliphatic rings. The lowest BCUT2D eigenvalue weighted by atomic mass is 10.3. The van der Waals surface area contributed by atoms with Crippen molar-refractivity contribution < 1.29 is 19.9 Å². The molecule has 1 aromatic heterocycles. The lowest BCUT2D eigenvalue weighted by molar-refractivity contribution is 0.478. The van der Waals surface area contributed by atoms with Crippen LogP contribution in [0.5, 0.6) is 0 Å². The van der Waals surface area contributed by atoms with Gasteiger partial charge in [0.2, 0.25) is 11.9 Å². The number of benzene rings is 1. The van der Waals surface area contributed by atoms with Gasteiger partial charge in [-0.1, -0.05) is 0 Å². The van der Waals surface area contributed by atoms with Gasteiger partial charge < -0.3 is 11.1 Å². The average Bonchev–Trinajstić information content (AvgIpc) is 2.65. The van der Waals surface area contributed by atoms with Gasteiger partial charge in [-0.3, -0.25) is 0 Å². The zero-order valence-electron chi connectivity index (χ0n) is 9.88. The summed E-state index contributed by atoms with van der Waals surface area (Å²) < 4.78 is 66.4. The number of aromatic nitrogens is 3. The van der Waals surface area contributed by atoms with Crippen molar-refractivity contribution in [3.8, 4) is 0 Å². The molecule has 0 bridgehead atoms. The van der Waals surface area contributed by atoms with E-state index in [9.17, 15) is 19.9 Å². The summed E-state index contributed by atoms with van der Waals surface area (Å²) in [6.45, 7) is 0. The van der Waals surface area contributed by atoms with Crippen LogP contribution in [0.4, 0.5) is 37.5 Å². The third-order valence-corrected chi connectivity index (χ3v) is 5.28. The molecule has 0 fully saturated rings. The highest BCUT2D eigenvalue weighted by molar-refractivity contribution is 9.10. The van der Waals surface area contributed by atoms with Crippen molar-refractivity contribution in [3.05, 3.63) is 22.4 Å². The van der Waals surface area contributed by atoms with Crippen molar-refractivity contribution in [2.75, 3.05) is 11.1 Å². The Morgan fingerprint density at radius 1 is 1.29 bits per heavy atom. The number of anilines is 3. The van der Waals surface area contributed by atoms with Crippen LogP contribution in [0.25, 0.3) is 0 Å². The lowest BCUT2D eigenvalue weighted by Crippen LogP contribution is -2.07. The molecule has 0 amide bonds. The van der Waals surface area contributed by atoms with Crippen LogP contribution < -0.4 is 11.1 Å². The number of aromatic amines is 1. The maximum absolute atomic E-state index is 13.6. The molecule has 1 heterocycles. The Kier molecular flexibility index (Phi) is 3.25. The standard InChI is InChI=1S/C8H8BrF5N5PS/c9-6-4(10)1-3(16-8-17-7(15)18-19-8)2-5(6)21(11,12,13,14)20/h1-2H,20H2,(H4,15,16,17,18,19). The number of nitrogens with two attached hydrogens (primary N) is 1. The summed E-state index contributed by atoms with van der Waals surface area (Å²) in [6, 6.07) is 1.14. The first-order chi connectivity index (χ1) is 9.26. The maximum Gasteiger partial charge on any atom is 0.248 e. The number of H-pyrrole nitrogens is 1. The third kappa shape index (κ3) is 3.74. The van der Waals surface area contributed by atoms with Crippen molar-refractivity contribution in [1.29, 1.82) is 0 Å². The fraction of sp³-hybridized carbons (Fsp3) is 0. The van der Waals surface area contributed by atoms with Crippen LogP contribution in [0.15, 0.2) is 21.5 Å². The second-order valence-electron chi connectivity index (χ2n) is 4.07. The van der Waals surface area contributed by atoms with Crippen LogP contribution in [0.2, 0.25) is 0 Å². The second kappa shape index (κ2) is 4.20. The Morgan fingerprint density at radius 3 is 2.38 bits per heavy atom. The van der Waals surface area contributed by atoms with Gasteiger partial charge in [-0.05, 0) is 28.1 Å². The molecule has 0 saturated heterocycles. The molecule has 0 aliphatic heterocycles. The molecule has 1 aromatic carbocycles. The normalized spacial score (nSPS) is 15.4. The van der Waals surface area contributed by atoms with Crippen LogP contribution in [0.1, 0.15) is 0 Å². The molecule has 0 saturated carbocycles. The van der Waals surface area contributed by atoms with Crippen molar-refractivity contribution in [2.45, 2.75) is 4.90 Å². The van der Waals surface area contributed by atoms with E-state index in [1.165, 1.54) is 0 Å². The van der Waals surface area contributed by atoms with Gasteiger partial charge in [0, 0.05) is 14.1 Å². The third-order valence-electron chi connectivity index (χ3n) is 2.21. The lowest BCUT2D eigenvalue weighted by Gasteiger charge is -2.46. The zero-order valence-corrected chi connectivity index (χ0v) is 13.4. The van der Waals surface area contributed by atoms with E-state index in [-0.39, 0.29) is 26.0 Å². The summed E-state index contributed by atoms with van der Waals surface area (Å²) in [5.74, 6) is -1.58. The molecule has 13 heteroatoms. The highest BCUT2D eigenvalue weighted by Gasteiger charge is 2.61. The minimum Gasteiger partial charge on any atom is -0.368 e. The first-order valence-electron chi connectivity index (χ1n) is 5.02. The van der Waals surface area contributed by atoms with E-state index >= 15 is 0 Å². The number of nitrogens with zero attached hydrogens (tertiary/aromatic N) is 2. The van der Waals surface area contributed by atoms with E-state index in [4.69, 9.17) is 5.73 Å². The number of nitrogens with one attached hydrogen (secondary N) is 2. The van der Waals surface area contributed by atoms with Crippen LogP contribution >= 0.6 is 33.8 Å². The minimum absolute atomic E-state index is 0.0939. The summed E-state index contributed by atoms with van der Waals surface area (Å²) >= 11 is 2.41. The number of hydrogen-bond donors (Lipinski definition) is 3. The minimum atomic E-state index is -8.65. The van der Waals surface area contributed by atoms with Gasteiger partial charge in [-0.25, -0.2) is 9.49 Å². The molecule has 4 N–H and O–H groups in total. The summed E-state index contributed by atoms with van der Waals surface area (Å²) in [4.78, 5) is 1.82. The first kappa shape index (κ1) is 16.2. The molecule has 118 valence electrons. The van der Waals surface area contributed by atoms with Gasteiger partial charge in [0.25, 0.3) is 0 Å². The largest absolute Gasteiger partial charge is 0.368 e. The van der Waals surface area contributed by atoms with Crippen molar-refractivity contribution in [1.82, 2.24) is 15.2 Å². The van der Waals surface area contributed by atoms with E-state index in [2.05, 4.69) is 36.4 Å². The maximum atomic E-state index is 13.6. The molecule has 21 heavy (non-hydrogen) atoms. The molecule has 0 aliphatic carbocycles. The monoisotopic (exact) mass is 411 g/mol. The number of halogens is 6. The average molecular weight is 412 g/mol. The first-order valence-corrected chi connectivity index (χ1v) is 9.34. The predicted octanol–water partition coefficient (Wildman–Crippen LogP) is 4.60. The molecule has 0 spiro atoms. The van der Waals surface area contributed by atoms with Gasteiger partial charge >= 0.3 is 0 Å². The van der Waals surface area contributed by atoms with Crippen molar-refractivity contribution >= 4 is 51.4 Å². The van der Waals surface area contributed by atoms with Gasteiger partial charge in [-0.2, -0.15) is 4.98 Å². The molecule has 1 unspecified atom stereocenters. The quantitative estimate of drug-likeness (QED) is 0.509. The van der Waals surface area contributed by atoms with Crippen molar-refractivity contribution in [3.63, 3.8) is 0 Å². The Labute approximate surface area is 125 Å². The van der Waals surface area contributed by atoms with Crippen LogP contribution in [0.3, 0.4) is 0 Å². The van der Waals surface area contributed by atoms with E-state index in [1.54, 1.807) is 0 Å². The molecule has 0 radical (unpaired) electrons. The fourth-order valence-corrected chi connectivity index (χ4v) is 4.57. The molecule has 1 atom stereocenters. The predicted molar refractivity (Wildman–Crippen MR) is 78.2 cm³/mol. The highest BCUT2D eigenvalue weighted by atomic mass is 79.9. The highest BCUT2D eigenvalue weighted by Crippen LogP contribution is 3.06. The Bertz CT molecular complexity index is 718. The van der Waals surface area contributed by atoms with E-state index in [1.807, 2.05) is 0 Å². The Hall–Kier alpha value is -1.13. The number of nitrogen functional groups attached to an aromatic ring is 1. The van der Waals surface area contributed by atoms with Gasteiger partial charge in [-0.15, -0.1) is 20.6 Å². The Morgan fingerprint density at radius 2 is 1.90 bits per heavy atom. The van der Waals surface area contributed by atoms with Crippen LogP contribution in [-0.4, -0.2) is 15.2 Å². The van der Waals surface area contributed by atoms with Gasteiger partial charge in [0.15, 0.2) is 9.46 Å². The fourth-order valence-electron chi connectivity index (χ4n) is 1.41. The number of hydrogen-bond acceptors (Lipinski definition) is 4. The molecular formula is C8H8BrF5N5PS. The van der Waals surface area contributed by atoms with Gasteiger partial charge in [0.05, 0.1) is 9.37 Å². The van der Waals surface area contributed by atoms with Crippen LogP contribution in [-0.2, 0) is 0 Å². The summed E-state index contributed by atoms with van der Waals surface area (Å²) in [6.07, 6.45) is 0. The van der Waals surface area contributed by atoms with Crippen molar-refractivity contribution in [2.24, 2.45) is 0 Å². The number of rotatable bonds is 3. The van der Waals surface area contributed by atoms with E-state index in [0.717, 1.165) is 6.07 Å².